The number of nitrogens with zero attached hydrogens (tertiary/aromatic N) is 1. The molecule has 118 valence electrons. The maximum Gasteiger partial charge on any atom is 0.243 e. The van der Waals surface area contributed by atoms with Crippen molar-refractivity contribution in [2.75, 3.05) is 19.6 Å². The lowest BCUT2D eigenvalue weighted by Crippen LogP contribution is -2.44. The third-order valence-electron chi connectivity index (χ3n) is 4.09. The summed E-state index contributed by atoms with van der Waals surface area (Å²) in [5.74, 6) is 0.403. The summed E-state index contributed by atoms with van der Waals surface area (Å²) in [4.78, 5) is 0.433. The minimum absolute atomic E-state index is 0.0310. The summed E-state index contributed by atoms with van der Waals surface area (Å²) < 4.78 is 27.6. The van der Waals surface area contributed by atoms with Gasteiger partial charge in [0.15, 0.2) is 0 Å². The fourth-order valence-electron chi connectivity index (χ4n) is 2.89. The molecule has 0 aromatic heterocycles. The van der Waals surface area contributed by atoms with Gasteiger partial charge in [-0.15, -0.1) is 0 Å². The number of nitrogens with one attached hydrogen (secondary N) is 1. The molecule has 0 radical (unpaired) electrons. The Morgan fingerprint density at radius 1 is 1.33 bits per heavy atom. The van der Waals surface area contributed by atoms with E-state index in [0.29, 0.717) is 17.4 Å². The van der Waals surface area contributed by atoms with Gasteiger partial charge >= 0.3 is 0 Å². The minimum atomic E-state index is -3.42. The van der Waals surface area contributed by atoms with Crippen molar-refractivity contribution in [3.8, 4) is 0 Å². The van der Waals surface area contributed by atoms with Crippen LogP contribution in [0.2, 0.25) is 0 Å². The van der Waals surface area contributed by atoms with Crippen LogP contribution in [0.25, 0.3) is 0 Å². The lowest BCUT2D eigenvalue weighted by atomic mass is 9.99. The maximum absolute atomic E-state index is 13.0. The van der Waals surface area contributed by atoms with Crippen LogP contribution < -0.4 is 5.32 Å². The molecule has 0 spiro atoms. The van der Waals surface area contributed by atoms with Gasteiger partial charge in [-0.3, -0.25) is 0 Å². The molecule has 1 fully saturated rings. The highest BCUT2D eigenvalue weighted by atomic mass is 32.2. The maximum atomic E-state index is 13.0. The van der Waals surface area contributed by atoms with Gasteiger partial charge in [-0.25, -0.2) is 8.42 Å². The van der Waals surface area contributed by atoms with Crippen LogP contribution in [0.3, 0.4) is 0 Å². The minimum Gasteiger partial charge on any atom is -0.316 e. The molecule has 1 aromatic carbocycles. The Labute approximate surface area is 128 Å². The fraction of sp³-hybridized carbons (Fsp3) is 0.625. The van der Waals surface area contributed by atoms with Gasteiger partial charge < -0.3 is 5.32 Å². The molecule has 0 saturated carbocycles. The molecule has 21 heavy (non-hydrogen) atoms. The Hall–Kier alpha value is -0.910. The zero-order valence-electron chi connectivity index (χ0n) is 13.2. The summed E-state index contributed by atoms with van der Waals surface area (Å²) in [5, 5.41) is 3.36. The summed E-state index contributed by atoms with van der Waals surface area (Å²) in [6.07, 6.45) is 2.22. The van der Waals surface area contributed by atoms with Gasteiger partial charge in [-0.1, -0.05) is 18.2 Å². The summed E-state index contributed by atoms with van der Waals surface area (Å²) in [6.45, 7) is 8.31. The van der Waals surface area contributed by atoms with E-state index in [4.69, 9.17) is 0 Å². The summed E-state index contributed by atoms with van der Waals surface area (Å²) in [6, 6.07) is 7.20. The van der Waals surface area contributed by atoms with Crippen LogP contribution in [0, 0.1) is 12.8 Å². The monoisotopic (exact) mass is 310 g/mol. The van der Waals surface area contributed by atoms with Crippen molar-refractivity contribution in [1.29, 1.82) is 0 Å². The second-order valence-corrected chi connectivity index (χ2v) is 8.01. The second-order valence-electron chi connectivity index (χ2n) is 6.15. The van der Waals surface area contributed by atoms with E-state index in [2.05, 4.69) is 5.32 Å². The first-order valence-corrected chi connectivity index (χ1v) is 9.15. The second kappa shape index (κ2) is 6.90. The largest absolute Gasteiger partial charge is 0.316 e. The predicted octanol–water partition coefficient (Wildman–Crippen LogP) is 2.39. The number of sulfonamides is 1. The first-order valence-electron chi connectivity index (χ1n) is 7.71. The smallest absolute Gasteiger partial charge is 0.243 e. The average Bonchev–Trinajstić information content (AvgIpc) is 2.45. The molecule has 1 unspecified atom stereocenters. The van der Waals surface area contributed by atoms with Crippen LogP contribution in [0.5, 0.6) is 0 Å². The third kappa shape index (κ3) is 3.84. The van der Waals surface area contributed by atoms with E-state index in [0.717, 1.165) is 31.5 Å². The van der Waals surface area contributed by atoms with E-state index in [1.54, 1.807) is 16.4 Å². The van der Waals surface area contributed by atoms with E-state index >= 15 is 0 Å². The highest BCUT2D eigenvalue weighted by Crippen LogP contribution is 2.24. The number of aryl methyl sites for hydroxylation is 1. The van der Waals surface area contributed by atoms with Gasteiger partial charge in [0.2, 0.25) is 10.0 Å². The van der Waals surface area contributed by atoms with Crippen LogP contribution in [0.15, 0.2) is 29.2 Å². The molecule has 1 aliphatic rings. The lowest BCUT2D eigenvalue weighted by molar-refractivity contribution is 0.264. The molecule has 4 nitrogen and oxygen atoms in total. The Morgan fingerprint density at radius 3 is 2.62 bits per heavy atom. The van der Waals surface area contributed by atoms with Crippen molar-refractivity contribution in [3.05, 3.63) is 29.8 Å². The Balaban J connectivity index is 2.26. The van der Waals surface area contributed by atoms with Crippen molar-refractivity contribution in [1.82, 2.24) is 9.62 Å². The van der Waals surface area contributed by atoms with E-state index in [1.165, 1.54) is 0 Å². The Bertz CT molecular complexity index is 563. The van der Waals surface area contributed by atoms with Crippen molar-refractivity contribution >= 4 is 10.0 Å². The fourth-order valence-corrected chi connectivity index (χ4v) is 4.83. The van der Waals surface area contributed by atoms with Crippen LogP contribution in [-0.4, -0.2) is 38.4 Å². The van der Waals surface area contributed by atoms with Crippen molar-refractivity contribution in [2.24, 2.45) is 5.92 Å². The predicted molar refractivity (Wildman–Crippen MR) is 85.8 cm³/mol. The topological polar surface area (TPSA) is 49.4 Å². The normalized spacial score (nSPS) is 20.1. The van der Waals surface area contributed by atoms with Crippen molar-refractivity contribution < 1.29 is 8.42 Å². The van der Waals surface area contributed by atoms with Gasteiger partial charge in [0.05, 0.1) is 4.90 Å². The van der Waals surface area contributed by atoms with Gasteiger partial charge in [0.1, 0.15) is 0 Å². The number of hydrogen-bond donors (Lipinski definition) is 1. The van der Waals surface area contributed by atoms with Crippen molar-refractivity contribution in [3.63, 3.8) is 0 Å². The number of benzene rings is 1. The van der Waals surface area contributed by atoms with Gasteiger partial charge in [0, 0.05) is 12.6 Å². The van der Waals surface area contributed by atoms with E-state index in [-0.39, 0.29) is 6.04 Å². The van der Waals surface area contributed by atoms with E-state index < -0.39 is 10.0 Å². The van der Waals surface area contributed by atoms with Gasteiger partial charge in [-0.05, 0) is 64.3 Å². The zero-order chi connectivity index (χ0) is 15.5. The number of piperidine rings is 1. The molecule has 1 heterocycles. The molecular formula is C16H26N2O2S. The molecule has 5 heteroatoms. The van der Waals surface area contributed by atoms with Crippen LogP contribution in [0.4, 0.5) is 0 Å². The highest BCUT2D eigenvalue weighted by Gasteiger charge is 2.30. The first kappa shape index (κ1) is 16.5. The molecule has 1 saturated heterocycles. The van der Waals surface area contributed by atoms with Crippen molar-refractivity contribution in [2.45, 2.75) is 44.6 Å². The molecule has 1 atom stereocenters. The molecule has 0 aliphatic carbocycles. The molecule has 1 aliphatic heterocycles. The molecule has 0 bridgehead atoms. The molecule has 2 rings (SSSR count). The molecule has 1 N–H and O–H groups in total. The average molecular weight is 310 g/mol. The quantitative estimate of drug-likeness (QED) is 0.908. The summed E-state index contributed by atoms with van der Waals surface area (Å²) in [5.41, 5.74) is 0.810. The first-order chi connectivity index (χ1) is 9.93. The molecule has 1 aromatic rings. The molecular weight excluding hydrogens is 284 g/mol. The lowest BCUT2D eigenvalue weighted by Gasteiger charge is -2.32. The Morgan fingerprint density at radius 2 is 2.05 bits per heavy atom. The van der Waals surface area contributed by atoms with Gasteiger partial charge in [-0.2, -0.15) is 4.31 Å². The SMILES string of the molecule is Cc1ccccc1S(=O)(=O)N(CC1CCCNC1)C(C)C. The highest BCUT2D eigenvalue weighted by molar-refractivity contribution is 7.89. The number of rotatable bonds is 5. The summed E-state index contributed by atoms with van der Waals surface area (Å²) in [7, 11) is -3.42. The van der Waals surface area contributed by atoms with Crippen LogP contribution >= 0.6 is 0 Å². The zero-order valence-corrected chi connectivity index (χ0v) is 14.0. The Kier molecular flexibility index (Phi) is 5.41. The van der Waals surface area contributed by atoms with E-state index in [9.17, 15) is 8.42 Å². The van der Waals surface area contributed by atoms with Crippen LogP contribution in [-0.2, 0) is 10.0 Å². The standard InChI is InChI=1S/C16H26N2O2S/c1-13(2)18(12-15-8-6-10-17-11-15)21(19,20)16-9-5-4-7-14(16)3/h4-5,7,9,13,15,17H,6,8,10-12H2,1-3H3. The molecule has 0 amide bonds. The van der Waals surface area contributed by atoms with E-state index in [1.807, 2.05) is 32.9 Å². The van der Waals surface area contributed by atoms with Crippen LogP contribution in [0.1, 0.15) is 32.3 Å². The number of hydrogen-bond acceptors (Lipinski definition) is 3. The third-order valence-corrected chi connectivity index (χ3v) is 6.30. The van der Waals surface area contributed by atoms with Gasteiger partial charge in [0.25, 0.3) is 0 Å². The summed E-state index contributed by atoms with van der Waals surface area (Å²) >= 11 is 0.